The van der Waals surface area contributed by atoms with E-state index in [0.29, 0.717) is 30.8 Å². The van der Waals surface area contributed by atoms with E-state index in [1.165, 1.54) is 11.4 Å². The van der Waals surface area contributed by atoms with Crippen LogP contribution in [-0.4, -0.2) is 67.1 Å². The van der Waals surface area contributed by atoms with Gasteiger partial charge in [-0.1, -0.05) is 18.2 Å². The molecule has 3 heterocycles. The predicted molar refractivity (Wildman–Crippen MR) is 108 cm³/mol. The number of methoxy groups -OCH3 is 1. The van der Waals surface area contributed by atoms with Crippen LogP contribution in [0.2, 0.25) is 0 Å². The zero-order chi connectivity index (χ0) is 21.5. The first-order valence-corrected chi connectivity index (χ1v) is 11.4. The van der Waals surface area contributed by atoms with Crippen molar-refractivity contribution in [3.63, 3.8) is 0 Å². The third-order valence-electron chi connectivity index (χ3n) is 6.14. The molecule has 0 saturated carbocycles. The monoisotopic (exact) mass is 436 g/mol. The lowest BCUT2D eigenvalue weighted by molar-refractivity contribution is -0.156. The Kier molecular flexibility index (Phi) is 5.33. The Bertz CT molecular complexity index is 1100. The van der Waals surface area contributed by atoms with Gasteiger partial charge in [-0.3, -0.25) is 4.79 Å². The molecule has 0 unspecified atom stereocenters. The Hall–Kier alpha value is -2.43. The molecule has 162 valence electrons. The van der Waals surface area contributed by atoms with Gasteiger partial charge in [0.05, 0.1) is 30.3 Å². The number of carbonyl (C=O) groups is 2. The van der Waals surface area contributed by atoms with Crippen molar-refractivity contribution in [1.82, 2.24) is 8.87 Å². The van der Waals surface area contributed by atoms with E-state index < -0.39 is 27.5 Å². The fourth-order valence-electron chi connectivity index (χ4n) is 4.57. The van der Waals surface area contributed by atoms with Gasteiger partial charge in [0.1, 0.15) is 0 Å². The van der Waals surface area contributed by atoms with Crippen molar-refractivity contribution in [2.75, 3.05) is 32.6 Å². The summed E-state index contributed by atoms with van der Waals surface area (Å²) in [6.07, 6.45) is -0.202. The summed E-state index contributed by atoms with van der Waals surface area (Å²) in [5.41, 5.74) is 0.710. The molecule has 0 atom stereocenters. The zero-order valence-corrected chi connectivity index (χ0v) is 17.5. The first-order valence-electron chi connectivity index (χ1n) is 9.77. The lowest BCUT2D eigenvalue weighted by atomic mass is 9.82. The Morgan fingerprint density at radius 3 is 2.60 bits per heavy atom. The highest BCUT2D eigenvalue weighted by Gasteiger charge is 2.47. The number of aromatic nitrogens is 1. The molecule has 4 rings (SSSR count). The number of rotatable bonds is 4. The van der Waals surface area contributed by atoms with Gasteiger partial charge in [0.15, 0.2) is 0 Å². The number of sulfonamides is 1. The Labute approximate surface area is 174 Å². The minimum Gasteiger partial charge on any atom is -0.469 e. The van der Waals surface area contributed by atoms with Crippen molar-refractivity contribution in [3.05, 3.63) is 35.5 Å². The molecule has 1 N–H and O–H groups in total. The molecule has 0 aliphatic carbocycles. The van der Waals surface area contributed by atoms with Gasteiger partial charge in [-0.25, -0.2) is 17.8 Å². The summed E-state index contributed by atoms with van der Waals surface area (Å²) in [6, 6.07) is 7.16. The second-order valence-corrected chi connectivity index (χ2v) is 9.75. The molecule has 1 fully saturated rings. The number of carbonyl (C=O) groups excluding carboxylic acids is 1. The number of para-hydroxylation sites is 1. The molecular weight excluding hydrogens is 412 g/mol. The number of benzene rings is 1. The highest BCUT2D eigenvalue weighted by atomic mass is 32.2. The summed E-state index contributed by atoms with van der Waals surface area (Å²) in [4.78, 5) is 24.4. The lowest BCUT2D eigenvalue weighted by Crippen LogP contribution is -2.48. The van der Waals surface area contributed by atoms with E-state index in [1.807, 2.05) is 12.1 Å². The Balaban J connectivity index is 1.68. The summed E-state index contributed by atoms with van der Waals surface area (Å²) in [7, 11) is -2.59. The Morgan fingerprint density at radius 2 is 1.93 bits per heavy atom. The second kappa shape index (κ2) is 7.68. The molecule has 10 heteroatoms. The SMILES string of the molecule is COC(=O)C1(CS(=O)(=O)N2CCc3c(n(C(=O)O)c4ccccc34)C2)CCOCC1. The van der Waals surface area contributed by atoms with Gasteiger partial charge >= 0.3 is 12.1 Å². The van der Waals surface area contributed by atoms with E-state index in [0.717, 1.165) is 15.5 Å². The minimum atomic E-state index is -3.85. The largest absolute Gasteiger partial charge is 0.469 e. The summed E-state index contributed by atoms with van der Waals surface area (Å²) in [5, 5.41) is 10.6. The highest BCUT2D eigenvalue weighted by molar-refractivity contribution is 7.89. The van der Waals surface area contributed by atoms with Gasteiger partial charge in [-0.2, -0.15) is 4.31 Å². The fraction of sp³-hybridized carbons (Fsp3) is 0.500. The van der Waals surface area contributed by atoms with Crippen molar-refractivity contribution < 1.29 is 32.6 Å². The molecule has 2 aliphatic heterocycles. The second-order valence-electron chi connectivity index (χ2n) is 7.78. The van der Waals surface area contributed by atoms with Gasteiger partial charge < -0.3 is 14.6 Å². The minimum absolute atomic E-state index is 0.0492. The summed E-state index contributed by atoms with van der Waals surface area (Å²) in [5.74, 6) is -0.926. The van der Waals surface area contributed by atoms with Crippen LogP contribution in [0, 0.1) is 5.41 Å². The third kappa shape index (κ3) is 3.38. The summed E-state index contributed by atoms with van der Waals surface area (Å²) in [6.45, 7) is 0.771. The van der Waals surface area contributed by atoms with E-state index in [4.69, 9.17) is 9.47 Å². The molecule has 1 saturated heterocycles. The molecule has 2 aromatic rings. The van der Waals surface area contributed by atoms with Gasteiger partial charge in [-0.15, -0.1) is 0 Å². The molecule has 0 bridgehead atoms. The number of hydrogen-bond acceptors (Lipinski definition) is 6. The van der Waals surface area contributed by atoms with Gasteiger partial charge in [0.25, 0.3) is 0 Å². The van der Waals surface area contributed by atoms with Crippen LogP contribution < -0.4 is 0 Å². The van der Waals surface area contributed by atoms with Crippen LogP contribution in [0.25, 0.3) is 10.9 Å². The zero-order valence-electron chi connectivity index (χ0n) is 16.7. The maximum atomic E-state index is 13.3. The van der Waals surface area contributed by atoms with Gasteiger partial charge in [-0.05, 0) is 30.9 Å². The van der Waals surface area contributed by atoms with E-state index >= 15 is 0 Å². The third-order valence-corrected chi connectivity index (χ3v) is 8.15. The van der Waals surface area contributed by atoms with Crippen molar-refractivity contribution in [3.8, 4) is 0 Å². The van der Waals surface area contributed by atoms with Crippen LogP contribution in [0.15, 0.2) is 24.3 Å². The summed E-state index contributed by atoms with van der Waals surface area (Å²) >= 11 is 0. The van der Waals surface area contributed by atoms with Crippen LogP contribution >= 0.6 is 0 Å². The van der Waals surface area contributed by atoms with Crippen molar-refractivity contribution in [2.24, 2.45) is 5.41 Å². The quantitative estimate of drug-likeness (QED) is 0.727. The van der Waals surface area contributed by atoms with Crippen LogP contribution in [0.1, 0.15) is 24.1 Å². The molecule has 0 radical (unpaired) electrons. The van der Waals surface area contributed by atoms with Crippen LogP contribution in [0.5, 0.6) is 0 Å². The average molecular weight is 436 g/mol. The molecule has 0 spiro atoms. The van der Waals surface area contributed by atoms with Crippen molar-refractivity contribution in [2.45, 2.75) is 25.8 Å². The fourth-order valence-corrected chi connectivity index (χ4v) is 6.55. The van der Waals surface area contributed by atoms with Gasteiger partial charge in [0.2, 0.25) is 10.0 Å². The molecule has 0 amide bonds. The van der Waals surface area contributed by atoms with Crippen molar-refractivity contribution in [1.29, 1.82) is 0 Å². The standard InChI is InChI=1S/C20H24N2O7S/c1-28-18(23)20(7-10-29-11-8-20)13-30(26,27)21-9-6-15-14-4-2-3-5-16(14)22(19(24)25)17(15)12-21/h2-5H,6-13H2,1H3,(H,24,25). The van der Waals surface area contributed by atoms with Crippen molar-refractivity contribution >= 4 is 33.0 Å². The molecule has 2 aliphatic rings. The number of hydrogen-bond donors (Lipinski definition) is 1. The number of esters is 1. The molecule has 30 heavy (non-hydrogen) atoms. The molecule has 1 aromatic carbocycles. The maximum absolute atomic E-state index is 13.3. The molecular formula is C20H24N2O7S. The van der Waals surface area contributed by atoms with E-state index in [9.17, 15) is 23.1 Å². The topological polar surface area (TPSA) is 115 Å². The number of nitrogens with zero attached hydrogens (tertiary/aromatic N) is 2. The number of ether oxygens (including phenoxy) is 2. The van der Waals surface area contributed by atoms with Gasteiger partial charge in [0, 0.05) is 30.8 Å². The normalized spacial score (nSPS) is 19.4. The van der Waals surface area contributed by atoms with E-state index in [2.05, 4.69) is 0 Å². The Morgan fingerprint density at radius 1 is 1.23 bits per heavy atom. The maximum Gasteiger partial charge on any atom is 0.416 e. The van der Waals surface area contributed by atoms with Crippen LogP contribution in [0.3, 0.4) is 0 Å². The molecule has 1 aromatic heterocycles. The lowest BCUT2D eigenvalue weighted by Gasteiger charge is -2.36. The summed E-state index contributed by atoms with van der Waals surface area (Å²) < 4.78 is 39.3. The van der Waals surface area contributed by atoms with Crippen LogP contribution in [0.4, 0.5) is 4.79 Å². The number of carboxylic acid groups (broad SMARTS) is 1. The highest BCUT2D eigenvalue weighted by Crippen LogP contribution is 2.37. The number of fused-ring (bicyclic) bond motifs is 3. The van der Waals surface area contributed by atoms with E-state index in [-0.39, 0.29) is 31.7 Å². The van der Waals surface area contributed by atoms with Crippen LogP contribution in [-0.2, 0) is 37.3 Å². The average Bonchev–Trinajstić information content (AvgIpc) is 3.07. The van der Waals surface area contributed by atoms with E-state index in [1.54, 1.807) is 12.1 Å². The smallest absolute Gasteiger partial charge is 0.416 e. The first kappa shape index (κ1) is 20.8. The molecule has 9 nitrogen and oxygen atoms in total. The predicted octanol–water partition coefficient (Wildman–Crippen LogP) is 1.83. The first-order chi connectivity index (χ1) is 14.3.